The molecule has 108 valence electrons. The maximum absolute atomic E-state index is 12.1. The van der Waals surface area contributed by atoms with Crippen molar-refractivity contribution in [3.63, 3.8) is 0 Å². The Bertz CT molecular complexity index is 359. The lowest BCUT2D eigenvalue weighted by Crippen LogP contribution is -2.43. The fourth-order valence-corrected chi connectivity index (χ4v) is 2.00. The Morgan fingerprint density at radius 1 is 1.16 bits per heavy atom. The minimum absolute atomic E-state index is 0.0842. The molecule has 5 nitrogen and oxygen atoms in total. The second-order valence-corrected chi connectivity index (χ2v) is 4.88. The third-order valence-corrected chi connectivity index (χ3v) is 2.95. The molecule has 0 aliphatic carbocycles. The summed E-state index contributed by atoms with van der Waals surface area (Å²) < 4.78 is 9.90. The quantitative estimate of drug-likeness (QED) is 0.663. The second kappa shape index (κ2) is 7.78. The molecule has 0 bridgehead atoms. The van der Waals surface area contributed by atoms with Crippen molar-refractivity contribution in [3.8, 4) is 6.07 Å². The van der Waals surface area contributed by atoms with Crippen molar-refractivity contribution in [1.82, 2.24) is 0 Å². The lowest BCUT2D eigenvalue weighted by molar-refractivity contribution is -0.165. The first-order valence-electron chi connectivity index (χ1n) is 6.60. The predicted octanol–water partition coefficient (Wildman–Crippen LogP) is 2.30. The molecule has 0 amide bonds. The van der Waals surface area contributed by atoms with Crippen molar-refractivity contribution < 1.29 is 19.1 Å². The molecule has 0 aliphatic heterocycles. The molecule has 0 heterocycles. The number of carbonyl (C=O) groups excluding carboxylic acids is 2. The van der Waals surface area contributed by atoms with Crippen LogP contribution in [-0.2, 0) is 19.1 Å². The largest absolute Gasteiger partial charge is 0.466 e. The molecule has 5 heteroatoms. The Labute approximate surface area is 114 Å². The van der Waals surface area contributed by atoms with E-state index in [9.17, 15) is 14.9 Å². The van der Waals surface area contributed by atoms with Gasteiger partial charge in [-0.15, -0.1) is 0 Å². The lowest BCUT2D eigenvalue weighted by atomic mass is 9.72. The van der Waals surface area contributed by atoms with Gasteiger partial charge in [0.05, 0.1) is 25.2 Å². The Balaban J connectivity index is 5.41. The summed E-state index contributed by atoms with van der Waals surface area (Å²) in [5.74, 6) is -1.95. The summed E-state index contributed by atoms with van der Waals surface area (Å²) in [5, 5.41) is 9.45. The number of carbonyl (C=O) groups is 2. The van der Waals surface area contributed by atoms with E-state index in [-0.39, 0.29) is 25.6 Å². The Kier molecular flexibility index (Phi) is 7.13. The zero-order chi connectivity index (χ0) is 15.1. The first-order valence-corrected chi connectivity index (χ1v) is 6.60. The first kappa shape index (κ1) is 17.4. The lowest BCUT2D eigenvalue weighted by Gasteiger charge is -2.30. The van der Waals surface area contributed by atoms with Crippen LogP contribution in [-0.4, -0.2) is 25.2 Å². The zero-order valence-electron chi connectivity index (χ0n) is 12.4. The van der Waals surface area contributed by atoms with Crippen molar-refractivity contribution in [3.05, 3.63) is 0 Å². The minimum Gasteiger partial charge on any atom is -0.466 e. The maximum atomic E-state index is 12.1. The molecule has 2 unspecified atom stereocenters. The fraction of sp³-hybridized carbons (Fsp3) is 0.786. The number of esters is 2. The van der Waals surface area contributed by atoms with E-state index in [1.165, 1.54) is 0 Å². The molecule has 19 heavy (non-hydrogen) atoms. The van der Waals surface area contributed by atoms with Gasteiger partial charge in [-0.2, -0.15) is 5.26 Å². The zero-order valence-corrected chi connectivity index (χ0v) is 12.4. The third-order valence-electron chi connectivity index (χ3n) is 2.95. The molecule has 0 aromatic carbocycles. The predicted molar refractivity (Wildman–Crippen MR) is 69.9 cm³/mol. The minimum atomic E-state index is -1.48. The highest BCUT2D eigenvalue weighted by Gasteiger charge is 2.49. The smallest absolute Gasteiger partial charge is 0.327 e. The van der Waals surface area contributed by atoms with Crippen LogP contribution < -0.4 is 0 Å². The van der Waals surface area contributed by atoms with E-state index in [0.717, 1.165) is 0 Å². The van der Waals surface area contributed by atoms with Gasteiger partial charge in [-0.1, -0.05) is 13.8 Å². The van der Waals surface area contributed by atoms with E-state index >= 15 is 0 Å². The molecule has 0 saturated heterocycles. The molecule has 0 aromatic rings. The van der Waals surface area contributed by atoms with E-state index in [2.05, 4.69) is 0 Å². The van der Waals surface area contributed by atoms with Crippen molar-refractivity contribution in [2.45, 2.75) is 41.0 Å². The molecule has 0 saturated carbocycles. The number of hydrogen-bond acceptors (Lipinski definition) is 5. The topological polar surface area (TPSA) is 76.4 Å². The van der Waals surface area contributed by atoms with E-state index in [1.54, 1.807) is 20.8 Å². The summed E-state index contributed by atoms with van der Waals surface area (Å²) in [4.78, 5) is 24.0. The second-order valence-electron chi connectivity index (χ2n) is 4.88. The van der Waals surface area contributed by atoms with Crippen molar-refractivity contribution >= 4 is 11.9 Å². The van der Waals surface area contributed by atoms with Gasteiger partial charge < -0.3 is 9.47 Å². The van der Waals surface area contributed by atoms with Crippen LogP contribution in [0.2, 0.25) is 0 Å². The highest BCUT2D eigenvalue weighted by Crippen LogP contribution is 2.36. The summed E-state index contributed by atoms with van der Waals surface area (Å²) in [6, 6.07) is 2.00. The van der Waals surface area contributed by atoms with Crippen LogP contribution in [0, 0.1) is 28.6 Å². The first-order chi connectivity index (χ1) is 8.85. The van der Waals surface area contributed by atoms with Crippen LogP contribution in [0.1, 0.15) is 41.0 Å². The van der Waals surface area contributed by atoms with Crippen LogP contribution in [0.4, 0.5) is 0 Å². The molecular formula is C14H23NO4. The van der Waals surface area contributed by atoms with Crippen LogP contribution in [0.25, 0.3) is 0 Å². The average molecular weight is 269 g/mol. The van der Waals surface area contributed by atoms with Crippen LogP contribution in [0.15, 0.2) is 0 Å². The highest BCUT2D eigenvalue weighted by atomic mass is 16.5. The van der Waals surface area contributed by atoms with Crippen molar-refractivity contribution in [1.29, 1.82) is 5.26 Å². The molecule has 0 radical (unpaired) electrons. The summed E-state index contributed by atoms with van der Waals surface area (Å²) in [7, 11) is 0. The highest BCUT2D eigenvalue weighted by molar-refractivity contribution is 5.87. The summed E-state index contributed by atoms with van der Waals surface area (Å²) >= 11 is 0. The van der Waals surface area contributed by atoms with E-state index in [0.29, 0.717) is 0 Å². The third kappa shape index (κ3) is 4.23. The molecule has 0 spiro atoms. The van der Waals surface area contributed by atoms with E-state index in [1.807, 2.05) is 19.9 Å². The van der Waals surface area contributed by atoms with Gasteiger partial charge in [0.25, 0.3) is 0 Å². The number of ether oxygens (including phenoxy) is 2. The SMILES string of the molecule is CCOC(=O)C(C)C(C#N)(CC(C)C)C(=O)OCC. The fourth-order valence-electron chi connectivity index (χ4n) is 2.00. The van der Waals surface area contributed by atoms with Crippen LogP contribution in [0.3, 0.4) is 0 Å². The Morgan fingerprint density at radius 2 is 1.68 bits per heavy atom. The van der Waals surface area contributed by atoms with Gasteiger partial charge in [0.2, 0.25) is 0 Å². The molecule has 0 rings (SSSR count). The summed E-state index contributed by atoms with van der Waals surface area (Å²) in [6.07, 6.45) is 0.266. The van der Waals surface area contributed by atoms with E-state index in [4.69, 9.17) is 9.47 Å². The summed E-state index contributed by atoms with van der Waals surface area (Å²) in [5.41, 5.74) is -1.48. The molecule has 0 aliphatic rings. The van der Waals surface area contributed by atoms with Crippen molar-refractivity contribution in [2.75, 3.05) is 13.2 Å². The number of rotatable bonds is 7. The molecule has 2 atom stereocenters. The number of nitriles is 1. The van der Waals surface area contributed by atoms with Gasteiger partial charge in [-0.05, 0) is 33.1 Å². The van der Waals surface area contributed by atoms with E-state index < -0.39 is 23.3 Å². The Morgan fingerprint density at radius 3 is 2.05 bits per heavy atom. The summed E-state index contributed by atoms with van der Waals surface area (Å²) in [6.45, 7) is 9.08. The van der Waals surface area contributed by atoms with Gasteiger partial charge in [-0.3, -0.25) is 9.59 Å². The van der Waals surface area contributed by atoms with Gasteiger partial charge in [0.15, 0.2) is 5.41 Å². The molecule has 0 aromatic heterocycles. The Hall–Kier alpha value is -1.57. The standard InChI is InChI=1S/C14H23NO4/c1-6-18-12(16)11(5)14(9-15,8-10(3)4)13(17)19-7-2/h10-11H,6-8H2,1-5H3. The van der Waals surface area contributed by atoms with Gasteiger partial charge >= 0.3 is 11.9 Å². The molecule has 0 N–H and O–H groups in total. The average Bonchev–Trinajstić information content (AvgIpc) is 2.35. The molecular weight excluding hydrogens is 246 g/mol. The van der Waals surface area contributed by atoms with Crippen LogP contribution in [0.5, 0.6) is 0 Å². The maximum Gasteiger partial charge on any atom is 0.327 e. The number of hydrogen-bond donors (Lipinski definition) is 0. The van der Waals surface area contributed by atoms with Crippen molar-refractivity contribution in [2.24, 2.45) is 17.3 Å². The monoisotopic (exact) mass is 269 g/mol. The normalized spacial score (nSPS) is 15.2. The molecule has 0 fully saturated rings. The number of nitrogens with zero attached hydrogens (tertiary/aromatic N) is 1. The van der Waals surface area contributed by atoms with Gasteiger partial charge in [0.1, 0.15) is 0 Å². The van der Waals surface area contributed by atoms with Gasteiger partial charge in [-0.25, -0.2) is 0 Å². The van der Waals surface area contributed by atoms with Crippen LogP contribution >= 0.6 is 0 Å². The van der Waals surface area contributed by atoms with Gasteiger partial charge in [0, 0.05) is 0 Å².